The average molecular weight is 359 g/mol. The monoisotopic (exact) mass is 359 g/mol. The smallest absolute Gasteiger partial charge is 0.315 e. The minimum atomic E-state index is -0.467. The molecule has 3 N–H and O–H groups in total. The van der Waals surface area contributed by atoms with Gasteiger partial charge in [-0.05, 0) is 17.2 Å². The number of hydrogen-bond donors (Lipinski definition) is 2. The molecule has 0 radical (unpaired) electrons. The van der Waals surface area contributed by atoms with Crippen LogP contribution in [0, 0.1) is 0 Å². The molecule has 0 saturated heterocycles. The maximum Gasteiger partial charge on any atom is 0.315 e. The van der Waals surface area contributed by atoms with Crippen molar-refractivity contribution in [3.8, 4) is 0 Å². The first-order chi connectivity index (χ1) is 11.8. The highest BCUT2D eigenvalue weighted by Crippen LogP contribution is 2.39. The minimum Gasteiger partial charge on any atom is -0.351 e. The summed E-state index contributed by atoms with van der Waals surface area (Å²) in [6.45, 7) is 5.07. The largest absolute Gasteiger partial charge is 0.351 e. The number of thiophene rings is 1. The van der Waals surface area contributed by atoms with E-state index in [1.54, 1.807) is 11.0 Å². The molecule has 0 spiro atoms. The van der Waals surface area contributed by atoms with Crippen LogP contribution in [-0.2, 0) is 18.5 Å². The van der Waals surface area contributed by atoms with Crippen LogP contribution >= 0.6 is 11.3 Å². The first-order valence-electron chi connectivity index (χ1n) is 8.00. The second-order valence-electron chi connectivity index (χ2n) is 6.89. The van der Waals surface area contributed by atoms with Crippen molar-refractivity contribution in [3.05, 3.63) is 57.3 Å². The molecule has 6 nitrogen and oxygen atoms in total. The van der Waals surface area contributed by atoms with Gasteiger partial charge in [0, 0.05) is 23.4 Å². The molecule has 1 aliphatic heterocycles. The number of benzene rings is 1. The second kappa shape index (κ2) is 6.50. The molecule has 1 aromatic carbocycles. The van der Waals surface area contributed by atoms with Gasteiger partial charge in [-0.25, -0.2) is 9.86 Å². The number of nitrogens with zero attached hydrogens (tertiary/aromatic N) is 2. The van der Waals surface area contributed by atoms with Crippen molar-refractivity contribution in [3.63, 3.8) is 0 Å². The molecule has 2 aromatic rings. The fourth-order valence-electron chi connectivity index (χ4n) is 3.15. The Kier molecular flexibility index (Phi) is 4.53. The van der Waals surface area contributed by atoms with E-state index in [1.807, 2.05) is 44.2 Å². The molecule has 3 rings (SSSR count). The van der Waals surface area contributed by atoms with E-state index in [0.29, 0.717) is 18.0 Å². The van der Waals surface area contributed by atoms with Crippen LogP contribution in [0.25, 0.3) is 0 Å². The fourth-order valence-corrected chi connectivity index (χ4v) is 4.36. The zero-order valence-electron chi connectivity index (χ0n) is 14.2. The predicted octanol–water partition coefficient (Wildman–Crippen LogP) is 2.95. The highest BCUT2D eigenvalue weighted by molar-refractivity contribution is 7.14. The van der Waals surface area contributed by atoms with Gasteiger partial charge >= 0.3 is 6.03 Å². The van der Waals surface area contributed by atoms with Gasteiger partial charge in [-0.2, -0.15) is 0 Å². The third-order valence-corrected chi connectivity index (χ3v) is 5.83. The molecule has 132 valence electrons. The lowest BCUT2D eigenvalue weighted by Gasteiger charge is -2.36. The zero-order chi connectivity index (χ0) is 18.2. The van der Waals surface area contributed by atoms with Gasteiger partial charge in [0.15, 0.2) is 0 Å². The molecule has 0 atom stereocenters. The number of fused-ring (bicyclic) bond motifs is 1. The predicted molar refractivity (Wildman–Crippen MR) is 95.4 cm³/mol. The number of nitrogens with two attached hydrogens (primary N) is 1. The number of amides is 3. The van der Waals surface area contributed by atoms with Gasteiger partial charge in [0.2, 0.25) is 0 Å². The lowest BCUT2D eigenvalue weighted by Crippen LogP contribution is -2.46. The van der Waals surface area contributed by atoms with Crippen molar-refractivity contribution in [2.75, 3.05) is 6.54 Å². The molecular formula is C18H21N3O3S. The molecule has 7 heteroatoms. The first kappa shape index (κ1) is 17.4. The van der Waals surface area contributed by atoms with E-state index in [9.17, 15) is 14.8 Å². The summed E-state index contributed by atoms with van der Waals surface area (Å²) in [5.74, 6) is -0.440. The molecule has 0 saturated carbocycles. The molecule has 2 heterocycles. The molecule has 25 heavy (non-hydrogen) atoms. The van der Waals surface area contributed by atoms with Gasteiger partial charge in [-0.1, -0.05) is 44.2 Å². The lowest BCUT2D eigenvalue weighted by molar-refractivity contribution is -0.0644. The van der Waals surface area contributed by atoms with Gasteiger partial charge in [-0.3, -0.25) is 10.0 Å². The topological polar surface area (TPSA) is 86.9 Å². The van der Waals surface area contributed by atoms with E-state index in [1.165, 1.54) is 11.3 Å². The summed E-state index contributed by atoms with van der Waals surface area (Å²) in [6, 6.07) is 10.6. The van der Waals surface area contributed by atoms with E-state index in [0.717, 1.165) is 21.1 Å². The fraction of sp³-hybridized carbons (Fsp3) is 0.333. The van der Waals surface area contributed by atoms with Crippen LogP contribution in [0.4, 0.5) is 4.79 Å². The number of urea groups is 1. The summed E-state index contributed by atoms with van der Waals surface area (Å²) in [5.41, 5.74) is 6.90. The van der Waals surface area contributed by atoms with E-state index in [4.69, 9.17) is 5.73 Å². The van der Waals surface area contributed by atoms with E-state index < -0.39 is 11.9 Å². The Hall–Kier alpha value is -2.38. The summed E-state index contributed by atoms with van der Waals surface area (Å²) in [7, 11) is 0. The number of rotatable bonds is 3. The lowest BCUT2D eigenvalue weighted by atomic mass is 9.85. The van der Waals surface area contributed by atoms with Gasteiger partial charge in [0.1, 0.15) is 0 Å². The van der Waals surface area contributed by atoms with Gasteiger partial charge in [0.05, 0.1) is 11.4 Å². The third kappa shape index (κ3) is 3.52. The Bertz CT molecular complexity index is 801. The number of primary amides is 1. The van der Waals surface area contributed by atoms with Crippen LogP contribution in [-0.4, -0.2) is 33.7 Å². The van der Waals surface area contributed by atoms with E-state index in [-0.39, 0.29) is 12.0 Å². The second-order valence-corrected chi connectivity index (χ2v) is 7.94. The molecule has 3 amide bonds. The van der Waals surface area contributed by atoms with Crippen LogP contribution in [0.3, 0.4) is 0 Å². The number of hydrogen-bond acceptors (Lipinski definition) is 4. The molecule has 0 fully saturated rings. The summed E-state index contributed by atoms with van der Waals surface area (Å²) in [4.78, 5) is 27.2. The van der Waals surface area contributed by atoms with Crippen molar-refractivity contribution in [1.82, 2.24) is 9.96 Å². The summed E-state index contributed by atoms with van der Waals surface area (Å²) < 4.78 is 0. The first-order valence-corrected chi connectivity index (χ1v) is 8.82. The molecule has 0 unspecified atom stereocenters. The van der Waals surface area contributed by atoms with Crippen LogP contribution in [0.1, 0.15) is 39.5 Å². The third-order valence-electron chi connectivity index (χ3n) is 4.30. The summed E-state index contributed by atoms with van der Waals surface area (Å²) in [5, 5.41) is 10.9. The van der Waals surface area contributed by atoms with Crippen molar-refractivity contribution < 1.29 is 14.8 Å². The highest BCUT2D eigenvalue weighted by Gasteiger charge is 2.36. The van der Waals surface area contributed by atoms with Crippen molar-refractivity contribution in [1.29, 1.82) is 0 Å². The zero-order valence-corrected chi connectivity index (χ0v) is 15.0. The van der Waals surface area contributed by atoms with Crippen molar-refractivity contribution in [2.24, 2.45) is 5.73 Å². The van der Waals surface area contributed by atoms with Gasteiger partial charge in [0.25, 0.3) is 5.91 Å². The number of carbonyl (C=O) groups is 2. The molecule has 0 aliphatic carbocycles. The van der Waals surface area contributed by atoms with Crippen LogP contribution in [0.15, 0.2) is 36.4 Å². The maximum atomic E-state index is 12.6. The summed E-state index contributed by atoms with van der Waals surface area (Å²) in [6.07, 6.45) is 0. The van der Waals surface area contributed by atoms with E-state index in [2.05, 4.69) is 0 Å². The quantitative estimate of drug-likeness (QED) is 0.652. The van der Waals surface area contributed by atoms with Gasteiger partial charge < -0.3 is 10.6 Å². The number of carbonyl (C=O) groups excluding carboxylic acids is 2. The Morgan fingerprint density at radius 2 is 2.00 bits per heavy atom. The Labute approximate surface area is 150 Å². The number of hydroxylamine groups is 2. The molecule has 0 bridgehead atoms. The van der Waals surface area contributed by atoms with Crippen LogP contribution in [0.2, 0.25) is 0 Å². The Balaban J connectivity index is 1.82. The van der Waals surface area contributed by atoms with Crippen LogP contribution in [0.5, 0.6) is 0 Å². The SMILES string of the molecule is CC1(C)CN(C(N)=O)Cc2cc(C(=O)N(O)Cc3ccccc3)sc21. The Morgan fingerprint density at radius 1 is 1.32 bits per heavy atom. The standard InChI is InChI=1S/C18H21N3O3S/c1-18(2)11-20(17(19)23)10-13-8-14(25-15(13)18)16(22)21(24)9-12-6-4-3-5-7-12/h3-8,24H,9-11H2,1-2H3,(H2,19,23). The maximum absolute atomic E-state index is 12.6. The van der Waals surface area contributed by atoms with Gasteiger partial charge in [-0.15, -0.1) is 11.3 Å². The van der Waals surface area contributed by atoms with Crippen molar-refractivity contribution >= 4 is 23.3 Å². The normalized spacial score (nSPS) is 15.6. The average Bonchev–Trinajstić information content (AvgIpc) is 2.99. The molecular weight excluding hydrogens is 338 g/mol. The summed E-state index contributed by atoms with van der Waals surface area (Å²) >= 11 is 1.37. The van der Waals surface area contributed by atoms with E-state index >= 15 is 0 Å². The molecule has 1 aromatic heterocycles. The van der Waals surface area contributed by atoms with Crippen molar-refractivity contribution in [2.45, 2.75) is 32.4 Å². The highest BCUT2D eigenvalue weighted by atomic mass is 32.1. The minimum absolute atomic E-state index is 0.124. The molecule has 1 aliphatic rings. The van der Waals surface area contributed by atoms with Crippen LogP contribution < -0.4 is 5.73 Å². The Morgan fingerprint density at radius 3 is 2.64 bits per heavy atom.